The third kappa shape index (κ3) is 3.26. The van der Waals surface area contributed by atoms with E-state index < -0.39 is 0 Å². The Bertz CT molecular complexity index is 638. The standard InChI is InChI=1S/C13H17ClN4OS/c1-3-15-8-9-6-5-7-10(14)11(9)20-13-17-16-12(19)18(13)4-2/h5-7,15H,3-4,8H2,1-2H3,(H,16,19). The SMILES string of the molecule is CCNCc1cccc(Cl)c1Sc1n[nH]c(=O)n1CC. The fraction of sp³-hybridized carbons (Fsp3) is 0.385. The maximum Gasteiger partial charge on any atom is 0.343 e. The van der Waals surface area contributed by atoms with Gasteiger partial charge < -0.3 is 5.32 Å². The second-order valence-corrected chi connectivity index (χ2v) is 5.55. The van der Waals surface area contributed by atoms with Gasteiger partial charge >= 0.3 is 5.69 Å². The molecular formula is C13H17ClN4OS. The first kappa shape index (κ1) is 15.2. The molecule has 2 N–H and O–H groups in total. The van der Waals surface area contributed by atoms with Crippen molar-refractivity contribution in [3.63, 3.8) is 0 Å². The molecule has 0 saturated carbocycles. The molecule has 0 aliphatic carbocycles. The molecule has 0 aliphatic rings. The van der Waals surface area contributed by atoms with Crippen LogP contribution in [0.25, 0.3) is 0 Å². The van der Waals surface area contributed by atoms with Crippen LogP contribution >= 0.6 is 23.4 Å². The van der Waals surface area contributed by atoms with Gasteiger partial charge in [0.05, 0.1) is 5.02 Å². The maximum atomic E-state index is 11.6. The van der Waals surface area contributed by atoms with E-state index in [4.69, 9.17) is 11.6 Å². The Balaban J connectivity index is 2.34. The zero-order chi connectivity index (χ0) is 14.5. The minimum Gasteiger partial charge on any atom is -0.313 e. The summed E-state index contributed by atoms with van der Waals surface area (Å²) in [5.41, 5.74) is 0.901. The van der Waals surface area contributed by atoms with Gasteiger partial charge in [0.25, 0.3) is 0 Å². The van der Waals surface area contributed by atoms with Gasteiger partial charge in [-0.05, 0) is 36.9 Å². The number of rotatable bonds is 6. The van der Waals surface area contributed by atoms with Crippen molar-refractivity contribution >= 4 is 23.4 Å². The van der Waals surface area contributed by atoms with E-state index in [1.54, 1.807) is 4.57 Å². The van der Waals surface area contributed by atoms with Gasteiger partial charge in [-0.15, -0.1) is 5.10 Å². The van der Waals surface area contributed by atoms with Crippen LogP contribution in [0.15, 0.2) is 33.0 Å². The summed E-state index contributed by atoms with van der Waals surface area (Å²) in [7, 11) is 0. The zero-order valence-electron chi connectivity index (χ0n) is 11.4. The Hall–Kier alpha value is -1.24. The molecule has 0 amide bonds. The molecule has 0 spiro atoms. The molecule has 108 valence electrons. The van der Waals surface area contributed by atoms with E-state index in [2.05, 4.69) is 22.4 Å². The van der Waals surface area contributed by atoms with Gasteiger partial charge in [-0.3, -0.25) is 4.57 Å². The molecule has 5 nitrogen and oxygen atoms in total. The molecule has 7 heteroatoms. The highest BCUT2D eigenvalue weighted by molar-refractivity contribution is 7.99. The fourth-order valence-electron chi connectivity index (χ4n) is 1.82. The molecule has 2 rings (SSSR count). The number of hydrogen-bond acceptors (Lipinski definition) is 4. The maximum absolute atomic E-state index is 11.6. The van der Waals surface area contributed by atoms with Gasteiger partial charge in [0.15, 0.2) is 5.16 Å². The molecule has 1 aromatic carbocycles. The van der Waals surface area contributed by atoms with Crippen LogP contribution in [0.3, 0.4) is 0 Å². The number of nitrogens with zero attached hydrogens (tertiary/aromatic N) is 2. The molecule has 0 unspecified atom stereocenters. The fourth-order valence-corrected chi connectivity index (χ4v) is 3.16. The Morgan fingerprint density at radius 3 is 2.95 bits per heavy atom. The van der Waals surface area contributed by atoms with Crippen molar-refractivity contribution in [2.45, 2.75) is 37.0 Å². The topological polar surface area (TPSA) is 62.7 Å². The van der Waals surface area contributed by atoms with Crippen LogP contribution in [0.4, 0.5) is 0 Å². The Labute approximate surface area is 126 Å². The van der Waals surface area contributed by atoms with Crippen LogP contribution < -0.4 is 11.0 Å². The van der Waals surface area contributed by atoms with Crippen molar-refractivity contribution in [1.29, 1.82) is 0 Å². The lowest BCUT2D eigenvalue weighted by Gasteiger charge is -2.11. The molecule has 2 aromatic rings. The van der Waals surface area contributed by atoms with E-state index in [-0.39, 0.29) is 5.69 Å². The molecule has 0 bridgehead atoms. The van der Waals surface area contributed by atoms with Crippen molar-refractivity contribution in [1.82, 2.24) is 20.1 Å². The second-order valence-electron chi connectivity index (χ2n) is 4.17. The van der Waals surface area contributed by atoms with Gasteiger partial charge in [0.1, 0.15) is 0 Å². The first-order valence-electron chi connectivity index (χ1n) is 6.48. The van der Waals surface area contributed by atoms with Crippen LogP contribution in [0.1, 0.15) is 19.4 Å². The van der Waals surface area contributed by atoms with Crippen molar-refractivity contribution in [3.8, 4) is 0 Å². The minimum absolute atomic E-state index is 0.199. The van der Waals surface area contributed by atoms with Crippen LogP contribution in [-0.2, 0) is 13.1 Å². The number of H-pyrrole nitrogens is 1. The summed E-state index contributed by atoms with van der Waals surface area (Å²) in [5, 5.41) is 11.1. The highest BCUT2D eigenvalue weighted by Crippen LogP contribution is 2.34. The zero-order valence-corrected chi connectivity index (χ0v) is 13.0. The van der Waals surface area contributed by atoms with E-state index in [0.717, 1.165) is 23.5 Å². The highest BCUT2D eigenvalue weighted by atomic mass is 35.5. The van der Waals surface area contributed by atoms with Crippen LogP contribution in [0, 0.1) is 0 Å². The third-order valence-corrected chi connectivity index (χ3v) is 4.45. The van der Waals surface area contributed by atoms with Crippen molar-refractivity contribution < 1.29 is 0 Å². The number of benzene rings is 1. The van der Waals surface area contributed by atoms with Gasteiger partial charge in [0, 0.05) is 18.0 Å². The predicted molar refractivity (Wildman–Crippen MR) is 81.5 cm³/mol. The Morgan fingerprint density at radius 2 is 2.25 bits per heavy atom. The molecule has 0 atom stereocenters. The Morgan fingerprint density at radius 1 is 1.45 bits per heavy atom. The van der Waals surface area contributed by atoms with Gasteiger partial charge in [0.2, 0.25) is 0 Å². The van der Waals surface area contributed by atoms with Crippen LogP contribution in [0.2, 0.25) is 5.02 Å². The van der Waals surface area contributed by atoms with E-state index >= 15 is 0 Å². The quantitative estimate of drug-likeness (QED) is 0.860. The number of aromatic amines is 1. The number of nitrogens with one attached hydrogen (secondary N) is 2. The summed E-state index contributed by atoms with van der Waals surface area (Å²) in [6.07, 6.45) is 0. The van der Waals surface area contributed by atoms with E-state index in [1.807, 2.05) is 25.1 Å². The Kier molecular flexibility index (Phi) is 5.28. The lowest BCUT2D eigenvalue weighted by Crippen LogP contribution is -2.16. The predicted octanol–water partition coefficient (Wildman–Crippen LogP) is 2.51. The number of halogens is 1. The summed E-state index contributed by atoms with van der Waals surface area (Å²) in [4.78, 5) is 12.5. The molecule has 0 saturated heterocycles. The van der Waals surface area contributed by atoms with Gasteiger partial charge in [-0.2, -0.15) is 0 Å². The lowest BCUT2D eigenvalue weighted by molar-refractivity contribution is 0.660. The van der Waals surface area contributed by atoms with Gasteiger partial charge in [-0.1, -0.05) is 30.7 Å². The molecule has 0 radical (unpaired) electrons. The minimum atomic E-state index is -0.199. The highest BCUT2D eigenvalue weighted by Gasteiger charge is 2.14. The van der Waals surface area contributed by atoms with E-state index in [1.165, 1.54) is 11.8 Å². The molecule has 1 aromatic heterocycles. The third-order valence-electron chi connectivity index (χ3n) is 2.85. The summed E-state index contributed by atoms with van der Waals surface area (Å²) in [5.74, 6) is 0. The van der Waals surface area contributed by atoms with Crippen molar-refractivity contribution in [3.05, 3.63) is 39.3 Å². The second kappa shape index (κ2) is 6.97. The molecule has 0 fully saturated rings. The van der Waals surface area contributed by atoms with Gasteiger partial charge in [-0.25, -0.2) is 9.89 Å². The van der Waals surface area contributed by atoms with Crippen LogP contribution in [-0.4, -0.2) is 21.3 Å². The molecule has 0 aliphatic heterocycles. The van der Waals surface area contributed by atoms with Crippen LogP contribution in [0.5, 0.6) is 0 Å². The lowest BCUT2D eigenvalue weighted by atomic mass is 10.2. The first-order chi connectivity index (χ1) is 9.67. The average molecular weight is 313 g/mol. The largest absolute Gasteiger partial charge is 0.343 e. The van der Waals surface area contributed by atoms with E-state index in [0.29, 0.717) is 16.7 Å². The summed E-state index contributed by atoms with van der Waals surface area (Å²) < 4.78 is 1.59. The number of hydrogen-bond donors (Lipinski definition) is 2. The molecule has 20 heavy (non-hydrogen) atoms. The summed E-state index contributed by atoms with van der Waals surface area (Å²) >= 11 is 7.70. The normalized spacial score (nSPS) is 10.9. The average Bonchev–Trinajstić information content (AvgIpc) is 2.79. The number of aromatic nitrogens is 3. The monoisotopic (exact) mass is 312 g/mol. The molecule has 1 heterocycles. The summed E-state index contributed by atoms with van der Waals surface area (Å²) in [6, 6.07) is 5.80. The van der Waals surface area contributed by atoms with Crippen molar-refractivity contribution in [2.24, 2.45) is 0 Å². The van der Waals surface area contributed by atoms with Crippen molar-refractivity contribution in [2.75, 3.05) is 6.54 Å². The first-order valence-corrected chi connectivity index (χ1v) is 7.68. The molecular weight excluding hydrogens is 296 g/mol. The smallest absolute Gasteiger partial charge is 0.313 e. The van der Waals surface area contributed by atoms with E-state index in [9.17, 15) is 4.79 Å². The summed E-state index contributed by atoms with van der Waals surface area (Å²) in [6.45, 7) is 6.16.